The lowest BCUT2D eigenvalue weighted by atomic mass is 10.1. The van der Waals surface area contributed by atoms with Gasteiger partial charge >= 0.3 is 0 Å². The number of hydrogen-bond acceptors (Lipinski definition) is 4. The van der Waals surface area contributed by atoms with Gasteiger partial charge in [-0.15, -0.1) is 0 Å². The molecule has 1 N–H and O–H groups in total. The Kier molecular flexibility index (Phi) is 4.03. The number of benzene rings is 2. The largest absolute Gasteiger partial charge is 0.459 e. The summed E-state index contributed by atoms with van der Waals surface area (Å²) in [5, 5.41) is 2.37. The van der Waals surface area contributed by atoms with Crippen molar-refractivity contribution >= 4 is 29.1 Å². The summed E-state index contributed by atoms with van der Waals surface area (Å²) in [6, 6.07) is 8.33. The van der Waals surface area contributed by atoms with Crippen LogP contribution in [0, 0.1) is 18.6 Å². The number of rotatable bonds is 3. The van der Waals surface area contributed by atoms with Crippen molar-refractivity contribution in [1.29, 1.82) is 0 Å². The third-order valence-electron chi connectivity index (χ3n) is 4.38. The van der Waals surface area contributed by atoms with E-state index in [4.69, 9.17) is 4.42 Å². The van der Waals surface area contributed by atoms with E-state index in [-0.39, 0.29) is 28.3 Å². The summed E-state index contributed by atoms with van der Waals surface area (Å²) in [7, 11) is 0. The highest BCUT2D eigenvalue weighted by Crippen LogP contribution is 2.31. The second-order valence-electron chi connectivity index (χ2n) is 6.19. The Bertz CT molecular complexity index is 1150. The maximum Gasteiger partial charge on any atom is 0.291 e. The summed E-state index contributed by atoms with van der Waals surface area (Å²) in [4.78, 5) is 37.8. The first-order valence-electron chi connectivity index (χ1n) is 8.20. The quantitative estimate of drug-likeness (QED) is 0.697. The molecule has 6 nitrogen and oxygen atoms in total. The first kappa shape index (κ1) is 17.6. The smallest absolute Gasteiger partial charge is 0.291 e. The molecule has 3 amide bonds. The van der Waals surface area contributed by atoms with Crippen molar-refractivity contribution in [2.24, 2.45) is 0 Å². The van der Waals surface area contributed by atoms with Crippen molar-refractivity contribution < 1.29 is 27.6 Å². The fourth-order valence-electron chi connectivity index (χ4n) is 2.98. The molecule has 0 saturated heterocycles. The number of furan rings is 1. The second kappa shape index (κ2) is 6.41. The monoisotopic (exact) mass is 382 g/mol. The molecule has 1 aliphatic heterocycles. The molecule has 2 heterocycles. The lowest BCUT2D eigenvalue weighted by Crippen LogP contribution is -2.29. The van der Waals surface area contributed by atoms with E-state index in [0.717, 1.165) is 23.1 Å². The van der Waals surface area contributed by atoms with Crippen LogP contribution in [-0.2, 0) is 0 Å². The Morgan fingerprint density at radius 1 is 1.00 bits per heavy atom. The van der Waals surface area contributed by atoms with Crippen LogP contribution in [-0.4, -0.2) is 17.7 Å². The number of halogens is 2. The molecule has 28 heavy (non-hydrogen) atoms. The Balaban J connectivity index is 1.62. The first-order valence-corrected chi connectivity index (χ1v) is 8.20. The molecule has 0 radical (unpaired) electrons. The van der Waals surface area contributed by atoms with E-state index in [1.807, 2.05) is 0 Å². The van der Waals surface area contributed by atoms with Gasteiger partial charge in [0.15, 0.2) is 5.76 Å². The summed E-state index contributed by atoms with van der Waals surface area (Å²) < 4.78 is 32.9. The van der Waals surface area contributed by atoms with Crippen LogP contribution in [0.1, 0.15) is 36.8 Å². The second-order valence-corrected chi connectivity index (χ2v) is 6.19. The molecule has 0 aliphatic carbocycles. The van der Waals surface area contributed by atoms with Gasteiger partial charge in [-0.2, -0.15) is 0 Å². The van der Waals surface area contributed by atoms with Crippen molar-refractivity contribution in [1.82, 2.24) is 0 Å². The molecule has 3 aromatic rings. The molecule has 8 heteroatoms. The summed E-state index contributed by atoms with van der Waals surface area (Å²) in [6.07, 6.45) is 1.34. The standard InChI is InChI=1S/C20H12F2N2O4/c1-10-6-7-28-17(10)18(25)23-16-5-3-12(9-15(16)22)24-19(26)13-4-2-11(21)8-14(13)20(24)27/h2-9H,1H3,(H,23,25). The van der Waals surface area contributed by atoms with Crippen molar-refractivity contribution in [2.45, 2.75) is 6.92 Å². The Labute approximate surface area is 157 Å². The fraction of sp³-hybridized carbons (Fsp3) is 0.0500. The minimum Gasteiger partial charge on any atom is -0.459 e. The van der Waals surface area contributed by atoms with Gasteiger partial charge < -0.3 is 9.73 Å². The number of fused-ring (bicyclic) bond motifs is 1. The zero-order valence-corrected chi connectivity index (χ0v) is 14.5. The number of hydrogen-bond donors (Lipinski definition) is 1. The van der Waals surface area contributed by atoms with Gasteiger partial charge in [-0.05, 0) is 43.3 Å². The minimum absolute atomic E-state index is 0.0312. The zero-order chi connectivity index (χ0) is 20.0. The average Bonchev–Trinajstić information content (AvgIpc) is 3.19. The van der Waals surface area contributed by atoms with Crippen molar-refractivity contribution in [3.63, 3.8) is 0 Å². The van der Waals surface area contributed by atoms with Gasteiger partial charge in [0.2, 0.25) is 0 Å². The molecule has 0 unspecified atom stereocenters. The van der Waals surface area contributed by atoms with Crippen molar-refractivity contribution in [2.75, 3.05) is 10.2 Å². The van der Waals surface area contributed by atoms with Gasteiger partial charge in [-0.3, -0.25) is 14.4 Å². The Morgan fingerprint density at radius 2 is 1.75 bits per heavy atom. The van der Waals surface area contributed by atoms with E-state index in [2.05, 4.69) is 5.32 Å². The highest BCUT2D eigenvalue weighted by Gasteiger charge is 2.37. The van der Waals surface area contributed by atoms with Crippen LogP contribution in [0.4, 0.5) is 20.2 Å². The highest BCUT2D eigenvalue weighted by molar-refractivity contribution is 6.34. The van der Waals surface area contributed by atoms with E-state index in [0.29, 0.717) is 5.56 Å². The molecule has 0 saturated carbocycles. The molecular weight excluding hydrogens is 370 g/mol. The van der Waals surface area contributed by atoms with E-state index in [1.54, 1.807) is 13.0 Å². The van der Waals surface area contributed by atoms with Gasteiger partial charge in [0.25, 0.3) is 17.7 Å². The molecule has 0 bridgehead atoms. The number of carbonyl (C=O) groups excluding carboxylic acids is 3. The molecule has 140 valence electrons. The summed E-state index contributed by atoms with van der Waals surface area (Å²) in [5.41, 5.74) is 0.366. The van der Waals surface area contributed by atoms with E-state index >= 15 is 0 Å². The summed E-state index contributed by atoms with van der Waals surface area (Å²) in [6.45, 7) is 1.67. The van der Waals surface area contributed by atoms with Gasteiger partial charge in [0.05, 0.1) is 28.8 Å². The van der Waals surface area contributed by atoms with E-state index < -0.39 is 29.4 Å². The fourth-order valence-corrected chi connectivity index (χ4v) is 2.98. The molecule has 1 aliphatic rings. The van der Waals surface area contributed by atoms with Crippen molar-refractivity contribution in [3.8, 4) is 0 Å². The first-order chi connectivity index (χ1) is 13.4. The molecule has 4 rings (SSSR count). The maximum absolute atomic E-state index is 14.5. The van der Waals surface area contributed by atoms with Gasteiger partial charge in [0.1, 0.15) is 11.6 Å². The van der Waals surface area contributed by atoms with Crippen LogP contribution in [0.2, 0.25) is 0 Å². The SMILES string of the molecule is Cc1ccoc1C(=O)Nc1ccc(N2C(=O)c3ccc(F)cc3C2=O)cc1F. The number of nitrogens with zero attached hydrogens (tertiary/aromatic N) is 1. The average molecular weight is 382 g/mol. The summed E-state index contributed by atoms with van der Waals surface area (Å²) >= 11 is 0. The van der Waals surface area contributed by atoms with Crippen LogP contribution >= 0.6 is 0 Å². The number of aryl methyl sites for hydroxylation is 1. The lowest BCUT2D eigenvalue weighted by Gasteiger charge is -2.15. The normalized spacial score (nSPS) is 13.0. The van der Waals surface area contributed by atoms with Crippen LogP contribution in [0.3, 0.4) is 0 Å². The van der Waals surface area contributed by atoms with Gasteiger partial charge in [-0.1, -0.05) is 0 Å². The molecule has 2 aromatic carbocycles. The van der Waals surface area contributed by atoms with Crippen LogP contribution in [0.15, 0.2) is 53.1 Å². The van der Waals surface area contributed by atoms with E-state index in [9.17, 15) is 23.2 Å². The maximum atomic E-state index is 14.5. The third kappa shape index (κ3) is 2.75. The Hall–Kier alpha value is -3.81. The molecule has 1 aromatic heterocycles. The molecular formula is C20H12F2N2O4. The molecule has 0 spiro atoms. The van der Waals surface area contributed by atoms with Crippen LogP contribution in [0.5, 0.6) is 0 Å². The predicted octanol–water partition coefficient (Wildman–Crippen LogP) is 3.92. The van der Waals surface area contributed by atoms with Gasteiger partial charge in [-0.25, -0.2) is 13.7 Å². The zero-order valence-electron chi connectivity index (χ0n) is 14.5. The topological polar surface area (TPSA) is 79.6 Å². The number of amides is 3. The Morgan fingerprint density at radius 3 is 2.43 bits per heavy atom. The predicted molar refractivity (Wildman–Crippen MR) is 95.3 cm³/mol. The summed E-state index contributed by atoms with van der Waals surface area (Å²) in [5.74, 6) is -3.52. The van der Waals surface area contributed by atoms with Gasteiger partial charge in [0, 0.05) is 11.6 Å². The lowest BCUT2D eigenvalue weighted by molar-refractivity contribution is 0.0924. The number of nitrogens with one attached hydrogen (secondary N) is 1. The van der Waals surface area contributed by atoms with Crippen molar-refractivity contribution in [3.05, 3.63) is 82.8 Å². The number of imide groups is 1. The molecule has 0 atom stereocenters. The van der Waals surface area contributed by atoms with Crippen LogP contribution in [0.25, 0.3) is 0 Å². The molecule has 0 fully saturated rings. The third-order valence-corrected chi connectivity index (χ3v) is 4.38. The highest BCUT2D eigenvalue weighted by atomic mass is 19.1. The number of anilines is 2. The van der Waals surface area contributed by atoms with Crippen LogP contribution < -0.4 is 10.2 Å². The van der Waals surface area contributed by atoms with E-state index in [1.165, 1.54) is 24.5 Å². The number of carbonyl (C=O) groups is 3. The minimum atomic E-state index is -0.849.